The SMILES string of the molecule is COCCNS(=O)(=O)c1ccc(CNC(=O)c2cccc(F)c2)cc1. The smallest absolute Gasteiger partial charge is 0.251 e. The van der Waals surface area contributed by atoms with E-state index in [1.54, 1.807) is 12.1 Å². The van der Waals surface area contributed by atoms with Crippen LogP contribution >= 0.6 is 0 Å². The molecule has 2 rings (SSSR count). The fourth-order valence-corrected chi connectivity index (χ4v) is 3.08. The van der Waals surface area contributed by atoms with Gasteiger partial charge < -0.3 is 10.1 Å². The van der Waals surface area contributed by atoms with Gasteiger partial charge in [0.25, 0.3) is 5.91 Å². The number of halogens is 1. The van der Waals surface area contributed by atoms with Gasteiger partial charge in [0.05, 0.1) is 11.5 Å². The molecule has 0 heterocycles. The quantitative estimate of drug-likeness (QED) is 0.696. The normalized spacial score (nSPS) is 11.3. The first-order chi connectivity index (χ1) is 11.9. The van der Waals surface area contributed by atoms with E-state index in [0.29, 0.717) is 0 Å². The van der Waals surface area contributed by atoms with Crippen molar-refractivity contribution < 1.29 is 22.3 Å². The molecule has 0 fully saturated rings. The van der Waals surface area contributed by atoms with Gasteiger partial charge in [-0.2, -0.15) is 0 Å². The molecule has 134 valence electrons. The van der Waals surface area contributed by atoms with Crippen LogP contribution in [0.25, 0.3) is 0 Å². The number of carbonyl (C=O) groups is 1. The molecule has 0 aliphatic rings. The third kappa shape index (κ3) is 5.63. The lowest BCUT2D eigenvalue weighted by Gasteiger charge is -2.08. The topological polar surface area (TPSA) is 84.5 Å². The van der Waals surface area contributed by atoms with Crippen LogP contribution in [0.5, 0.6) is 0 Å². The Kier molecular flexibility index (Phi) is 6.63. The minimum Gasteiger partial charge on any atom is -0.383 e. The number of nitrogens with one attached hydrogen (secondary N) is 2. The van der Waals surface area contributed by atoms with Gasteiger partial charge in [0.15, 0.2) is 0 Å². The molecule has 2 aromatic rings. The number of sulfonamides is 1. The first kappa shape index (κ1) is 19.0. The summed E-state index contributed by atoms with van der Waals surface area (Å²) in [7, 11) is -2.10. The third-order valence-electron chi connectivity index (χ3n) is 3.37. The molecule has 6 nitrogen and oxygen atoms in total. The van der Waals surface area contributed by atoms with Crippen LogP contribution in [-0.4, -0.2) is 34.6 Å². The Morgan fingerprint density at radius 1 is 1.16 bits per heavy atom. The Morgan fingerprint density at radius 2 is 1.88 bits per heavy atom. The van der Waals surface area contributed by atoms with Crippen LogP contribution in [0.3, 0.4) is 0 Å². The molecule has 8 heteroatoms. The van der Waals surface area contributed by atoms with Crippen molar-refractivity contribution in [3.63, 3.8) is 0 Å². The highest BCUT2D eigenvalue weighted by Gasteiger charge is 2.13. The maximum Gasteiger partial charge on any atom is 0.251 e. The first-order valence-corrected chi connectivity index (χ1v) is 9.02. The number of ether oxygens (including phenoxy) is 1. The summed E-state index contributed by atoms with van der Waals surface area (Å²) >= 11 is 0. The van der Waals surface area contributed by atoms with Gasteiger partial charge in [0, 0.05) is 25.8 Å². The van der Waals surface area contributed by atoms with Gasteiger partial charge in [-0.05, 0) is 35.9 Å². The summed E-state index contributed by atoms with van der Waals surface area (Å²) in [5, 5.41) is 2.66. The van der Waals surface area contributed by atoms with Crippen molar-refractivity contribution in [3.8, 4) is 0 Å². The average molecular weight is 366 g/mol. The standard InChI is InChI=1S/C17H19FN2O4S/c1-24-10-9-20-25(22,23)16-7-5-13(6-8-16)12-19-17(21)14-3-2-4-15(18)11-14/h2-8,11,20H,9-10,12H2,1H3,(H,19,21). The van der Waals surface area contributed by atoms with Crippen molar-refractivity contribution >= 4 is 15.9 Å². The van der Waals surface area contributed by atoms with Crippen LogP contribution in [0.1, 0.15) is 15.9 Å². The van der Waals surface area contributed by atoms with Crippen molar-refractivity contribution in [1.82, 2.24) is 10.0 Å². The highest BCUT2D eigenvalue weighted by molar-refractivity contribution is 7.89. The Bertz CT molecular complexity index is 823. The highest BCUT2D eigenvalue weighted by Crippen LogP contribution is 2.11. The van der Waals surface area contributed by atoms with Crippen molar-refractivity contribution in [3.05, 3.63) is 65.5 Å². The second-order valence-corrected chi connectivity index (χ2v) is 6.99. The van der Waals surface area contributed by atoms with Crippen LogP contribution < -0.4 is 10.0 Å². The number of hydrogen-bond acceptors (Lipinski definition) is 4. The summed E-state index contributed by atoms with van der Waals surface area (Å²) in [5.74, 6) is -0.888. The van der Waals surface area contributed by atoms with E-state index in [-0.39, 0.29) is 30.2 Å². The lowest BCUT2D eigenvalue weighted by atomic mass is 10.2. The fraction of sp³-hybridized carbons (Fsp3) is 0.235. The molecule has 0 spiro atoms. The third-order valence-corrected chi connectivity index (χ3v) is 4.85. The molecule has 1 amide bonds. The number of amides is 1. The molecular formula is C17H19FN2O4S. The summed E-state index contributed by atoms with van der Waals surface area (Å²) in [6.07, 6.45) is 0. The van der Waals surface area contributed by atoms with E-state index < -0.39 is 21.7 Å². The number of rotatable bonds is 8. The van der Waals surface area contributed by atoms with Crippen molar-refractivity contribution in [2.75, 3.05) is 20.3 Å². The van der Waals surface area contributed by atoms with E-state index in [1.807, 2.05) is 0 Å². The largest absolute Gasteiger partial charge is 0.383 e. The van der Waals surface area contributed by atoms with E-state index in [2.05, 4.69) is 10.0 Å². The van der Waals surface area contributed by atoms with Crippen LogP contribution in [-0.2, 0) is 21.3 Å². The highest BCUT2D eigenvalue weighted by atomic mass is 32.2. The second kappa shape index (κ2) is 8.70. The van der Waals surface area contributed by atoms with Gasteiger partial charge >= 0.3 is 0 Å². The number of hydrogen-bond donors (Lipinski definition) is 2. The molecule has 2 N–H and O–H groups in total. The molecule has 0 atom stereocenters. The van der Waals surface area contributed by atoms with E-state index in [9.17, 15) is 17.6 Å². The summed E-state index contributed by atoms with van der Waals surface area (Å²) in [4.78, 5) is 12.1. The van der Waals surface area contributed by atoms with Gasteiger partial charge in [-0.25, -0.2) is 17.5 Å². The van der Waals surface area contributed by atoms with Crippen LogP contribution in [0.4, 0.5) is 4.39 Å². The maximum atomic E-state index is 13.1. The lowest BCUT2D eigenvalue weighted by molar-refractivity contribution is 0.0950. The Balaban J connectivity index is 1.95. The van der Waals surface area contributed by atoms with Crippen LogP contribution in [0, 0.1) is 5.82 Å². The molecule has 0 aromatic heterocycles. The molecule has 25 heavy (non-hydrogen) atoms. The molecule has 0 aliphatic heterocycles. The van der Waals surface area contributed by atoms with Gasteiger partial charge in [-0.1, -0.05) is 18.2 Å². The predicted molar refractivity (Wildman–Crippen MR) is 91.1 cm³/mol. The van der Waals surface area contributed by atoms with Crippen molar-refractivity contribution in [1.29, 1.82) is 0 Å². The van der Waals surface area contributed by atoms with E-state index >= 15 is 0 Å². The summed E-state index contributed by atoms with van der Waals surface area (Å²) < 4.78 is 44.4. The summed E-state index contributed by atoms with van der Waals surface area (Å²) in [6, 6.07) is 11.5. The molecule has 0 saturated heterocycles. The summed E-state index contributed by atoms with van der Waals surface area (Å²) in [5.41, 5.74) is 0.946. The molecule has 0 radical (unpaired) electrons. The number of carbonyl (C=O) groups excluding carboxylic acids is 1. The van der Waals surface area contributed by atoms with E-state index in [0.717, 1.165) is 11.6 Å². The van der Waals surface area contributed by atoms with Crippen LogP contribution in [0.2, 0.25) is 0 Å². The van der Waals surface area contributed by atoms with E-state index in [4.69, 9.17) is 4.74 Å². The summed E-state index contributed by atoms with van der Waals surface area (Å²) in [6.45, 7) is 0.667. The zero-order chi connectivity index (χ0) is 18.3. The molecule has 0 unspecified atom stereocenters. The minimum absolute atomic E-state index is 0.129. The monoisotopic (exact) mass is 366 g/mol. The lowest BCUT2D eigenvalue weighted by Crippen LogP contribution is -2.27. The maximum absolute atomic E-state index is 13.1. The minimum atomic E-state index is -3.59. The number of methoxy groups -OCH3 is 1. The molecule has 2 aromatic carbocycles. The zero-order valence-electron chi connectivity index (χ0n) is 13.7. The van der Waals surface area contributed by atoms with Crippen molar-refractivity contribution in [2.45, 2.75) is 11.4 Å². The fourth-order valence-electron chi connectivity index (χ4n) is 2.06. The molecule has 0 aliphatic carbocycles. The Hall–Kier alpha value is -2.29. The predicted octanol–water partition coefficient (Wildman–Crippen LogP) is 1.68. The average Bonchev–Trinajstić information content (AvgIpc) is 2.60. The van der Waals surface area contributed by atoms with E-state index in [1.165, 1.54) is 37.4 Å². The Morgan fingerprint density at radius 3 is 2.52 bits per heavy atom. The van der Waals surface area contributed by atoms with Gasteiger partial charge in [0.2, 0.25) is 10.0 Å². The van der Waals surface area contributed by atoms with Gasteiger partial charge in [-0.3, -0.25) is 4.79 Å². The zero-order valence-corrected chi connectivity index (χ0v) is 14.5. The first-order valence-electron chi connectivity index (χ1n) is 7.54. The molecular weight excluding hydrogens is 347 g/mol. The second-order valence-electron chi connectivity index (χ2n) is 5.23. The number of benzene rings is 2. The Labute approximate surface area is 146 Å². The van der Waals surface area contributed by atoms with Crippen molar-refractivity contribution in [2.24, 2.45) is 0 Å². The van der Waals surface area contributed by atoms with Gasteiger partial charge in [0.1, 0.15) is 5.82 Å². The van der Waals surface area contributed by atoms with Crippen LogP contribution in [0.15, 0.2) is 53.4 Å². The molecule has 0 bridgehead atoms. The van der Waals surface area contributed by atoms with Gasteiger partial charge in [-0.15, -0.1) is 0 Å². The molecule has 0 saturated carbocycles.